The number of hydrogen-bond acceptors (Lipinski definition) is 2. The van der Waals surface area contributed by atoms with Gasteiger partial charge in [0.05, 0.1) is 0 Å². The van der Waals surface area contributed by atoms with Crippen LogP contribution >= 0.6 is 0 Å². The van der Waals surface area contributed by atoms with Crippen molar-refractivity contribution in [2.24, 2.45) is 0 Å². The van der Waals surface area contributed by atoms with Gasteiger partial charge in [0.2, 0.25) is 11.8 Å². The van der Waals surface area contributed by atoms with Gasteiger partial charge in [0.1, 0.15) is 0 Å². The summed E-state index contributed by atoms with van der Waals surface area (Å²) in [5.41, 5.74) is 0. The van der Waals surface area contributed by atoms with Gasteiger partial charge < -0.3 is 10.6 Å². The quantitative estimate of drug-likeness (QED) is 0.695. The molecule has 0 saturated carbocycles. The van der Waals surface area contributed by atoms with E-state index in [1.165, 1.54) is 0 Å². The van der Waals surface area contributed by atoms with Crippen molar-refractivity contribution in [3.05, 3.63) is 0 Å². The molecule has 2 amide bonds. The van der Waals surface area contributed by atoms with E-state index in [9.17, 15) is 9.59 Å². The maximum Gasteiger partial charge on any atom is 0.220 e. The molecule has 0 radical (unpaired) electrons. The van der Waals surface area contributed by atoms with E-state index in [-0.39, 0.29) is 36.7 Å². The van der Waals surface area contributed by atoms with Crippen molar-refractivity contribution >= 4 is 11.8 Å². The zero-order valence-corrected chi connectivity index (χ0v) is 10.8. The van der Waals surface area contributed by atoms with Crippen molar-refractivity contribution in [3.8, 4) is 0 Å². The van der Waals surface area contributed by atoms with Crippen molar-refractivity contribution in [1.82, 2.24) is 10.6 Å². The molecular formula is C12H24N2O2. The van der Waals surface area contributed by atoms with Crippen LogP contribution in [0.4, 0.5) is 0 Å². The van der Waals surface area contributed by atoms with E-state index < -0.39 is 0 Å². The minimum absolute atomic E-state index is 0.0475. The zero-order valence-electron chi connectivity index (χ0n) is 10.8. The monoisotopic (exact) mass is 228 g/mol. The zero-order chi connectivity index (χ0) is 12.6. The third-order valence-corrected chi connectivity index (χ3v) is 2.62. The lowest BCUT2D eigenvalue weighted by Gasteiger charge is -2.13. The van der Waals surface area contributed by atoms with E-state index in [0.717, 1.165) is 12.8 Å². The van der Waals surface area contributed by atoms with E-state index in [2.05, 4.69) is 10.6 Å². The minimum Gasteiger partial charge on any atom is -0.354 e. The highest BCUT2D eigenvalue weighted by Crippen LogP contribution is 1.95. The van der Waals surface area contributed by atoms with Gasteiger partial charge in [0.25, 0.3) is 0 Å². The van der Waals surface area contributed by atoms with Gasteiger partial charge in [-0.15, -0.1) is 0 Å². The van der Waals surface area contributed by atoms with E-state index >= 15 is 0 Å². The van der Waals surface area contributed by atoms with Gasteiger partial charge in [0.15, 0.2) is 0 Å². The molecule has 2 atom stereocenters. The second-order valence-electron chi connectivity index (χ2n) is 4.25. The molecule has 0 aromatic carbocycles. The van der Waals surface area contributed by atoms with E-state index in [0.29, 0.717) is 0 Å². The molecule has 2 unspecified atom stereocenters. The normalized spacial score (nSPS) is 14.0. The molecule has 0 aliphatic heterocycles. The fourth-order valence-corrected chi connectivity index (χ4v) is 1.13. The summed E-state index contributed by atoms with van der Waals surface area (Å²) in [4.78, 5) is 22.8. The van der Waals surface area contributed by atoms with Crippen molar-refractivity contribution in [2.45, 2.75) is 65.5 Å². The van der Waals surface area contributed by atoms with Gasteiger partial charge in [0, 0.05) is 24.9 Å². The standard InChI is InChI=1S/C12H24N2O2/c1-5-9(3)13-11(15)7-8-12(16)14-10(4)6-2/h9-10H,5-8H2,1-4H3,(H,13,15)(H,14,16). The van der Waals surface area contributed by atoms with E-state index in [1.807, 2.05) is 27.7 Å². The first-order valence-corrected chi connectivity index (χ1v) is 6.08. The lowest BCUT2D eigenvalue weighted by atomic mass is 10.2. The third kappa shape index (κ3) is 7.26. The number of nitrogens with one attached hydrogen (secondary N) is 2. The van der Waals surface area contributed by atoms with Crippen LogP contribution in [-0.4, -0.2) is 23.9 Å². The summed E-state index contributed by atoms with van der Waals surface area (Å²) >= 11 is 0. The summed E-state index contributed by atoms with van der Waals surface area (Å²) in [5, 5.41) is 5.67. The van der Waals surface area contributed by atoms with Crippen LogP contribution in [0.1, 0.15) is 53.4 Å². The van der Waals surface area contributed by atoms with Crippen LogP contribution in [0, 0.1) is 0 Å². The largest absolute Gasteiger partial charge is 0.354 e. The Balaban J connectivity index is 3.71. The summed E-state index contributed by atoms with van der Waals surface area (Å²) < 4.78 is 0. The Labute approximate surface area is 98.2 Å². The molecule has 0 aromatic rings. The molecular weight excluding hydrogens is 204 g/mol. The van der Waals surface area contributed by atoms with Crippen LogP contribution in [-0.2, 0) is 9.59 Å². The van der Waals surface area contributed by atoms with Gasteiger partial charge in [-0.05, 0) is 26.7 Å². The Bertz CT molecular complexity index is 205. The molecule has 0 aromatic heterocycles. The van der Waals surface area contributed by atoms with Gasteiger partial charge in [-0.25, -0.2) is 0 Å². The molecule has 0 rings (SSSR count). The Kier molecular flexibility index (Phi) is 7.60. The fourth-order valence-electron chi connectivity index (χ4n) is 1.13. The van der Waals surface area contributed by atoms with Gasteiger partial charge in [-0.3, -0.25) is 9.59 Å². The first kappa shape index (κ1) is 14.9. The number of carbonyl (C=O) groups excluding carboxylic acids is 2. The summed E-state index contributed by atoms with van der Waals surface area (Å²) in [6.45, 7) is 7.94. The van der Waals surface area contributed by atoms with Crippen molar-refractivity contribution in [1.29, 1.82) is 0 Å². The third-order valence-electron chi connectivity index (χ3n) is 2.62. The van der Waals surface area contributed by atoms with Gasteiger partial charge in [-0.2, -0.15) is 0 Å². The highest BCUT2D eigenvalue weighted by atomic mass is 16.2. The van der Waals surface area contributed by atoms with Crippen molar-refractivity contribution in [3.63, 3.8) is 0 Å². The maximum absolute atomic E-state index is 11.4. The molecule has 94 valence electrons. The molecule has 16 heavy (non-hydrogen) atoms. The first-order valence-electron chi connectivity index (χ1n) is 6.08. The molecule has 0 bridgehead atoms. The van der Waals surface area contributed by atoms with Crippen LogP contribution in [0.5, 0.6) is 0 Å². The number of rotatable bonds is 7. The van der Waals surface area contributed by atoms with Crippen LogP contribution < -0.4 is 10.6 Å². The summed E-state index contributed by atoms with van der Waals surface area (Å²) in [6, 6.07) is 0.371. The van der Waals surface area contributed by atoms with Crippen molar-refractivity contribution in [2.75, 3.05) is 0 Å². The lowest BCUT2D eigenvalue weighted by molar-refractivity contribution is -0.127. The summed E-state index contributed by atoms with van der Waals surface area (Å²) in [6.07, 6.45) is 2.36. The maximum atomic E-state index is 11.4. The molecule has 4 nitrogen and oxygen atoms in total. The van der Waals surface area contributed by atoms with E-state index in [4.69, 9.17) is 0 Å². The van der Waals surface area contributed by atoms with Crippen LogP contribution in [0.25, 0.3) is 0 Å². The number of hydrogen-bond donors (Lipinski definition) is 2. The SMILES string of the molecule is CCC(C)NC(=O)CCC(=O)NC(C)CC. The Hall–Kier alpha value is -1.06. The smallest absolute Gasteiger partial charge is 0.220 e. The molecule has 0 aliphatic carbocycles. The highest BCUT2D eigenvalue weighted by Gasteiger charge is 2.10. The molecule has 0 saturated heterocycles. The highest BCUT2D eigenvalue weighted by molar-refractivity contribution is 5.83. The lowest BCUT2D eigenvalue weighted by Crippen LogP contribution is -2.35. The average Bonchev–Trinajstić information content (AvgIpc) is 2.26. The van der Waals surface area contributed by atoms with Crippen LogP contribution in [0.3, 0.4) is 0 Å². The number of carbonyl (C=O) groups is 2. The Morgan fingerprint density at radius 1 is 0.875 bits per heavy atom. The molecule has 2 N–H and O–H groups in total. The first-order chi connectivity index (χ1) is 7.49. The molecule has 4 heteroatoms. The second kappa shape index (κ2) is 8.13. The minimum atomic E-state index is -0.0475. The number of amides is 2. The molecule has 0 spiro atoms. The fraction of sp³-hybridized carbons (Fsp3) is 0.833. The van der Waals surface area contributed by atoms with Crippen LogP contribution in [0.2, 0.25) is 0 Å². The predicted octanol–water partition coefficient (Wildman–Crippen LogP) is 1.60. The summed E-state index contributed by atoms with van der Waals surface area (Å²) in [7, 11) is 0. The molecule has 0 fully saturated rings. The Morgan fingerprint density at radius 2 is 1.19 bits per heavy atom. The van der Waals surface area contributed by atoms with E-state index in [1.54, 1.807) is 0 Å². The van der Waals surface area contributed by atoms with Gasteiger partial charge in [-0.1, -0.05) is 13.8 Å². The average molecular weight is 228 g/mol. The van der Waals surface area contributed by atoms with Gasteiger partial charge >= 0.3 is 0 Å². The molecule has 0 heterocycles. The summed E-state index contributed by atoms with van der Waals surface area (Å²) in [5.74, 6) is -0.0951. The van der Waals surface area contributed by atoms with Crippen LogP contribution in [0.15, 0.2) is 0 Å². The topological polar surface area (TPSA) is 58.2 Å². The second-order valence-corrected chi connectivity index (χ2v) is 4.25. The predicted molar refractivity (Wildman–Crippen MR) is 65.0 cm³/mol. The molecule has 0 aliphatic rings. The Morgan fingerprint density at radius 3 is 1.44 bits per heavy atom. The van der Waals surface area contributed by atoms with Crippen molar-refractivity contribution < 1.29 is 9.59 Å².